The van der Waals surface area contributed by atoms with Crippen molar-refractivity contribution in [2.24, 2.45) is 5.73 Å². The highest BCUT2D eigenvalue weighted by Crippen LogP contribution is 1.95. The summed E-state index contributed by atoms with van der Waals surface area (Å²) in [6.45, 7) is 2.18. The third-order valence-electron chi connectivity index (χ3n) is 1.01. The minimum atomic E-state index is 0.963. The van der Waals surface area contributed by atoms with E-state index in [-0.39, 0.29) is 0 Å². The first-order valence-corrected chi connectivity index (χ1v) is 3.10. The lowest BCUT2D eigenvalue weighted by Crippen LogP contribution is -1.77. The number of rotatable bonds is 3. The van der Waals surface area contributed by atoms with E-state index in [2.05, 4.69) is 18.9 Å². The van der Waals surface area contributed by atoms with E-state index in [9.17, 15) is 0 Å². The van der Waals surface area contributed by atoms with E-state index in [1.165, 1.54) is 19.3 Å². The Morgan fingerprint density at radius 1 is 1.38 bits per heavy atom. The molecule has 0 atom stereocenters. The molecule has 0 radical (unpaired) electrons. The summed E-state index contributed by atoms with van der Waals surface area (Å²) < 4.78 is 0. The van der Waals surface area contributed by atoms with Gasteiger partial charge in [-0.3, -0.25) is 0 Å². The van der Waals surface area contributed by atoms with Crippen molar-refractivity contribution in [3.63, 3.8) is 0 Å². The molecule has 0 amide bonds. The van der Waals surface area contributed by atoms with Crippen LogP contribution < -0.4 is 5.73 Å². The molecule has 0 unspecified atom stereocenters. The van der Waals surface area contributed by atoms with Crippen molar-refractivity contribution in [1.29, 1.82) is 0 Å². The summed E-state index contributed by atoms with van der Waals surface area (Å²) in [4.78, 5) is 0. The lowest BCUT2D eigenvalue weighted by molar-refractivity contribution is 0.737. The van der Waals surface area contributed by atoms with E-state index >= 15 is 0 Å². The van der Waals surface area contributed by atoms with Gasteiger partial charge in [0.05, 0.1) is 0 Å². The highest BCUT2D eigenvalue weighted by molar-refractivity contribution is 4.92. The molecule has 0 aromatic rings. The maximum absolute atomic E-state index is 4.95. The van der Waals surface area contributed by atoms with Crippen molar-refractivity contribution >= 4 is 0 Å². The predicted octanol–water partition coefficient (Wildman–Crippen LogP) is 1.49. The van der Waals surface area contributed by atoms with Crippen LogP contribution in [0.5, 0.6) is 0 Å². The first kappa shape index (κ1) is 7.36. The van der Waals surface area contributed by atoms with Gasteiger partial charge in [0.1, 0.15) is 0 Å². The van der Waals surface area contributed by atoms with Gasteiger partial charge in [0.2, 0.25) is 0 Å². The molecule has 0 heterocycles. The van der Waals surface area contributed by atoms with Crippen LogP contribution in [0.25, 0.3) is 0 Å². The second-order valence-electron chi connectivity index (χ2n) is 1.78. The van der Waals surface area contributed by atoms with E-state index in [4.69, 9.17) is 5.73 Å². The van der Waals surface area contributed by atoms with Gasteiger partial charge in [0.15, 0.2) is 0 Å². The minimum absolute atomic E-state index is 0.963. The Bertz CT molecular complexity index is 86.3. The molecule has 1 nitrogen and oxygen atoms in total. The summed E-state index contributed by atoms with van der Waals surface area (Å²) in [6, 6.07) is 2.38. The molecule has 0 aliphatic heterocycles. The standard InChI is InChI=1S/C7H13N/c1-2-3-4-5-6-7-8/h2-5,8H2,1H3. The van der Waals surface area contributed by atoms with Crippen molar-refractivity contribution in [3.05, 3.63) is 0 Å². The van der Waals surface area contributed by atoms with Gasteiger partial charge >= 0.3 is 0 Å². The minimum Gasteiger partial charge on any atom is -0.359 e. The summed E-state index contributed by atoms with van der Waals surface area (Å²) in [5, 5.41) is 0. The summed E-state index contributed by atoms with van der Waals surface area (Å²) >= 11 is 0. The zero-order valence-corrected chi connectivity index (χ0v) is 5.41. The molecule has 0 aliphatic carbocycles. The normalized spacial score (nSPS) is 7.62. The fraction of sp³-hybridized carbons (Fsp3) is 0.714. The zero-order valence-electron chi connectivity index (χ0n) is 5.41. The summed E-state index contributed by atoms with van der Waals surface area (Å²) in [5.74, 6) is 2.81. The molecule has 8 heavy (non-hydrogen) atoms. The first-order valence-electron chi connectivity index (χ1n) is 3.10. The molecule has 0 aromatic heterocycles. The van der Waals surface area contributed by atoms with Crippen LogP contribution in [0.2, 0.25) is 0 Å². The summed E-state index contributed by atoms with van der Waals surface area (Å²) in [7, 11) is 0. The predicted molar refractivity (Wildman–Crippen MR) is 36.1 cm³/mol. The zero-order chi connectivity index (χ0) is 6.24. The fourth-order valence-corrected chi connectivity index (χ4v) is 0.536. The smallest absolute Gasteiger partial charge is 0.0107 e. The van der Waals surface area contributed by atoms with Crippen molar-refractivity contribution in [2.75, 3.05) is 0 Å². The second-order valence-corrected chi connectivity index (χ2v) is 1.78. The molecule has 2 N–H and O–H groups in total. The Labute approximate surface area is 51.3 Å². The van der Waals surface area contributed by atoms with Gasteiger partial charge in [-0.25, -0.2) is 0 Å². The highest BCUT2D eigenvalue weighted by Gasteiger charge is 1.78. The third-order valence-corrected chi connectivity index (χ3v) is 1.01. The Hall–Kier alpha value is -0.640. The molecule has 0 spiro atoms. The number of hydrogen-bond donors (Lipinski definition) is 1. The van der Waals surface area contributed by atoms with Crippen molar-refractivity contribution < 1.29 is 0 Å². The van der Waals surface area contributed by atoms with E-state index in [0.717, 1.165) is 6.42 Å². The molecule has 0 aromatic carbocycles. The average Bonchev–Trinajstić information content (AvgIpc) is 1.81. The Morgan fingerprint density at radius 2 is 2.12 bits per heavy atom. The Kier molecular flexibility index (Phi) is 5.85. The average molecular weight is 111 g/mol. The van der Waals surface area contributed by atoms with Gasteiger partial charge in [0, 0.05) is 12.5 Å². The number of nitrogens with two attached hydrogens (primary N) is 1. The van der Waals surface area contributed by atoms with Gasteiger partial charge in [-0.05, 0) is 6.42 Å². The van der Waals surface area contributed by atoms with Gasteiger partial charge < -0.3 is 5.73 Å². The Balaban J connectivity index is 2.79. The van der Waals surface area contributed by atoms with E-state index < -0.39 is 0 Å². The van der Waals surface area contributed by atoms with Crippen LogP contribution in [-0.4, -0.2) is 0 Å². The van der Waals surface area contributed by atoms with Crippen LogP contribution in [0, 0.1) is 12.0 Å². The maximum Gasteiger partial charge on any atom is 0.0107 e. The largest absolute Gasteiger partial charge is 0.359 e. The van der Waals surface area contributed by atoms with Gasteiger partial charge in [-0.15, -0.1) is 0 Å². The first-order chi connectivity index (χ1) is 3.91. The monoisotopic (exact) mass is 111 g/mol. The molecule has 0 fully saturated rings. The summed E-state index contributed by atoms with van der Waals surface area (Å²) in [6.07, 6.45) is 4.69. The number of hydrogen-bond acceptors (Lipinski definition) is 1. The van der Waals surface area contributed by atoms with Crippen LogP contribution in [0.3, 0.4) is 0 Å². The third kappa shape index (κ3) is 5.36. The van der Waals surface area contributed by atoms with Crippen LogP contribution in [0.15, 0.2) is 0 Å². The molecule has 46 valence electrons. The maximum atomic E-state index is 4.95. The van der Waals surface area contributed by atoms with E-state index in [1.54, 1.807) is 0 Å². The molecule has 0 saturated heterocycles. The fourth-order valence-electron chi connectivity index (χ4n) is 0.536. The molecule has 0 bridgehead atoms. The lowest BCUT2D eigenvalue weighted by Gasteiger charge is -1.86. The van der Waals surface area contributed by atoms with Gasteiger partial charge in [0.25, 0.3) is 0 Å². The SMILES string of the molecule is CCCCCC#CN. The van der Waals surface area contributed by atoms with Crippen molar-refractivity contribution in [3.8, 4) is 12.0 Å². The highest BCUT2D eigenvalue weighted by atomic mass is 14.4. The molecular formula is C7H13N. The van der Waals surface area contributed by atoms with Crippen LogP contribution in [0.4, 0.5) is 0 Å². The van der Waals surface area contributed by atoms with Gasteiger partial charge in [-0.2, -0.15) is 0 Å². The Morgan fingerprint density at radius 3 is 2.62 bits per heavy atom. The molecule has 0 aliphatic rings. The topological polar surface area (TPSA) is 26.0 Å². The second kappa shape index (κ2) is 6.36. The quantitative estimate of drug-likeness (QED) is 0.333. The van der Waals surface area contributed by atoms with Crippen molar-refractivity contribution in [2.45, 2.75) is 32.6 Å². The molecule has 0 saturated carbocycles. The van der Waals surface area contributed by atoms with Crippen LogP contribution in [-0.2, 0) is 0 Å². The molecule has 1 heteroatoms. The van der Waals surface area contributed by atoms with Crippen LogP contribution in [0.1, 0.15) is 32.6 Å². The van der Waals surface area contributed by atoms with Crippen molar-refractivity contribution in [1.82, 2.24) is 0 Å². The van der Waals surface area contributed by atoms with E-state index in [0.29, 0.717) is 0 Å². The van der Waals surface area contributed by atoms with E-state index in [1.807, 2.05) is 0 Å². The molecular weight excluding hydrogens is 98.1 g/mol. The number of unbranched alkanes of at least 4 members (excludes halogenated alkanes) is 3. The van der Waals surface area contributed by atoms with Crippen LogP contribution >= 0.6 is 0 Å². The molecule has 0 rings (SSSR count). The lowest BCUT2D eigenvalue weighted by atomic mass is 10.2. The van der Waals surface area contributed by atoms with Gasteiger partial charge in [-0.1, -0.05) is 25.7 Å². The summed E-state index contributed by atoms with van der Waals surface area (Å²) in [5.41, 5.74) is 4.95.